The topological polar surface area (TPSA) is 41.6 Å². The highest BCUT2D eigenvalue weighted by Gasteiger charge is 2.08. The van der Waals surface area contributed by atoms with Crippen molar-refractivity contribution in [2.75, 3.05) is 11.4 Å². The van der Waals surface area contributed by atoms with E-state index in [9.17, 15) is 0 Å². The fourth-order valence-electron chi connectivity index (χ4n) is 2.08. The lowest BCUT2D eigenvalue weighted by Gasteiger charge is -2.22. The first-order valence-corrected chi connectivity index (χ1v) is 6.85. The van der Waals surface area contributed by atoms with Crippen molar-refractivity contribution in [3.63, 3.8) is 0 Å². The monoisotopic (exact) mass is 267 g/mol. The van der Waals surface area contributed by atoms with Crippen molar-refractivity contribution in [2.24, 2.45) is 10.7 Å². The van der Waals surface area contributed by atoms with Gasteiger partial charge in [-0.2, -0.15) is 0 Å². The van der Waals surface area contributed by atoms with Crippen molar-refractivity contribution in [1.82, 2.24) is 0 Å². The van der Waals surface area contributed by atoms with Crippen LogP contribution < -0.4 is 10.6 Å². The summed E-state index contributed by atoms with van der Waals surface area (Å²) in [6.45, 7) is 6.98. The molecule has 0 aliphatic heterocycles. The maximum absolute atomic E-state index is 6.16. The maximum Gasteiger partial charge on any atom is 0.201 e. The lowest BCUT2D eigenvalue weighted by Crippen LogP contribution is -2.37. The molecule has 0 saturated carbocycles. The Bertz CT molecular complexity index is 600. The summed E-state index contributed by atoms with van der Waals surface area (Å²) < 4.78 is 0. The molecule has 104 valence electrons. The number of benzene rings is 2. The fraction of sp³-hybridized carbons (Fsp3) is 0.235. The van der Waals surface area contributed by atoms with Gasteiger partial charge in [-0.3, -0.25) is 0 Å². The fourth-order valence-corrected chi connectivity index (χ4v) is 2.08. The Morgan fingerprint density at radius 3 is 2.35 bits per heavy atom. The first-order valence-electron chi connectivity index (χ1n) is 6.85. The Kier molecular flexibility index (Phi) is 4.41. The van der Waals surface area contributed by atoms with Gasteiger partial charge in [-0.25, -0.2) is 4.99 Å². The minimum Gasteiger partial charge on any atom is -0.369 e. The molecule has 0 fully saturated rings. The summed E-state index contributed by atoms with van der Waals surface area (Å²) >= 11 is 0. The Balaban J connectivity index is 2.29. The van der Waals surface area contributed by atoms with Crippen LogP contribution >= 0.6 is 0 Å². The molecule has 3 heteroatoms. The second-order valence-corrected chi connectivity index (χ2v) is 4.89. The van der Waals surface area contributed by atoms with Crippen molar-refractivity contribution in [2.45, 2.75) is 20.8 Å². The molecule has 0 aromatic heterocycles. The van der Waals surface area contributed by atoms with Gasteiger partial charge in [-0.1, -0.05) is 29.8 Å². The van der Waals surface area contributed by atoms with Crippen molar-refractivity contribution >= 4 is 17.3 Å². The summed E-state index contributed by atoms with van der Waals surface area (Å²) in [5.41, 5.74) is 10.5. The number of rotatable bonds is 3. The van der Waals surface area contributed by atoms with Gasteiger partial charge >= 0.3 is 0 Å². The van der Waals surface area contributed by atoms with E-state index in [1.807, 2.05) is 41.3 Å². The van der Waals surface area contributed by atoms with E-state index in [0.717, 1.165) is 17.9 Å². The summed E-state index contributed by atoms with van der Waals surface area (Å²) in [6, 6.07) is 16.3. The number of anilines is 1. The van der Waals surface area contributed by atoms with E-state index in [-0.39, 0.29) is 0 Å². The quantitative estimate of drug-likeness (QED) is 0.679. The van der Waals surface area contributed by atoms with Crippen LogP contribution in [0.3, 0.4) is 0 Å². The number of hydrogen-bond acceptors (Lipinski definition) is 1. The van der Waals surface area contributed by atoms with Crippen LogP contribution in [0.4, 0.5) is 11.4 Å². The average Bonchev–Trinajstić information content (AvgIpc) is 2.42. The molecule has 0 amide bonds. The molecule has 0 unspecified atom stereocenters. The number of hydrogen-bond donors (Lipinski definition) is 1. The molecule has 0 saturated heterocycles. The summed E-state index contributed by atoms with van der Waals surface area (Å²) in [5, 5.41) is 0. The van der Waals surface area contributed by atoms with Crippen molar-refractivity contribution in [3.8, 4) is 0 Å². The molecular formula is C17H21N3. The van der Waals surface area contributed by atoms with E-state index < -0.39 is 0 Å². The Hall–Kier alpha value is -2.29. The third kappa shape index (κ3) is 3.38. The van der Waals surface area contributed by atoms with Crippen LogP contribution in [0.2, 0.25) is 0 Å². The van der Waals surface area contributed by atoms with Crippen LogP contribution in [-0.2, 0) is 0 Å². The number of guanidine groups is 1. The second-order valence-electron chi connectivity index (χ2n) is 4.89. The molecule has 0 aliphatic carbocycles. The van der Waals surface area contributed by atoms with Gasteiger partial charge in [0.15, 0.2) is 0 Å². The molecule has 2 N–H and O–H groups in total. The Morgan fingerprint density at radius 2 is 1.75 bits per heavy atom. The summed E-state index contributed by atoms with van der Waals surface area (Å²) in [6.07, 6.45) is 0. The van der Waals surface area contributed by atoms with Crippen molar-refractivity contribution < 1.29 is 0 Å². The number of nitrogens with two attached hydrogens (primary N) is 1. The predicted octanol–water partition coefficient (Wildman–Crippen LogP) is 3.78. The molecule has 0 aliphatic rings. The van der Waals surface area contributed by atoms with Crippen LogP contribution in [0.15, 0.2) is 53.5 Å². The zero-order valence-corrected chi connectivity index (χ0v) is 12.3. The maximum atomic E-state index is 6.16. The van der Waals surface area contributed by atoms with E-state index in [1.165, 1.54) is 11.1 Å². The molecule has 2 rings (SSSR count). The zero-order chi connectivity index (χ0) is 14.5. The Labute approximate surface area is 120 Å². The van der Waals surface area contributed by atoms with Gasteiger partial charge in [0.25, 0.3) is 0 Å². The highest BCUT2D eigenvalue weighted by atomic mass is 15.2. The molecular weight excluding hydrogens is 246 g/mol. The highest BCUT2D eigenvalue weighted by molar-refractivity contribution is 5.96. The van der Waals surface area contributed by atoms with E-state index in [4.69, 9.17) is 5.73 Å². The summed E-state index contributed by atoms with van der Waals surface area (Å²) in [5.74, 6) is 0.516. The number of aryl methyl sites for hydroxylation is 2. The van der Waals surface area contributed by atoms with Gasteiger partial charge in [0.1, 0.15) is 0 Å². The van der Waals surface area contributed by atoms with E-state index in [2.05, 4.69) is 37.9 Å². The van der Waals surface area contributed by atoms with Crippen molar-refractivity contribution in [3.05, 3.63) is 59.7 Å². The lowest BCUT2D eigenvalue weighted by molar-refractivity contribution is 1.04. The smallest absolute Gasteiger partial charge is 0.201 e. The largest absolute Gasteiger partial charge is 0.369 e. The lowest BCUT2D eigenvalue weighted by atomic mass is 10.2. The minimum absolute atomic E-state index is 0.516. The van der Waals surface area contributed by atoms with Gasteiger partial charge in [0, 0.05) is 12.2 Å². The van der Waals surface area contributed by atoms with E-state index in [0.29, 0.717) is 5.96 Å². The molecule has 20 heavy (non-hydrogen) atoms. The molecule has 0 atom stereocenters. The van der Waals surface area contributed by atoms with Crippen LogP contribution in [0.1, 0.15) is 18.1 Å². The van der Waals surface area contributed by atoms with Crippen LogP contribution in [0.25, 0.3) is 0 Å². The van der Waals surface area contributed by atoms with Gasteiger partial charge in [0.2, 0.25) is 5.96 Å². The molecule has 3 nitrogen and oxygen atoms in total. The first-order chi connectivity index (χ1) is 9.60. The molecule has 0 spiro atoms. The number of aliphatic imine (C=N–C) groups is 1. The first kappa shape index (κ1) is 14.1. The third-order valence-electron chi connectivity index (χ3n) is 3.18. The molecule has 2 aromatic rings. The van der Waals surface area contributed by atoms with E-state index in [1.54, 1.807) is 0 Å². The van der Waals surface area contributed by atoms with Crippen LogP contribution in [0.5, 0.6) is 0 Å². The van der Waals surface area contributed by atoms with Crippen molar-refractivity contribution in [1.29, 1.82) is 0 Å². The summed E-state index contributed by atoms with van der Waals surface area (Å²) in [7, 11) is 0. The van der Waals surface area contributed by atoms with Gasteiger partial charge in [0.05, 0.1) is 5.69 Å². The van der Waals surface area contributed by atoms with E-state index >= 15 is 0 Å². The van der Waals surface area contributed by atoms with Crippen LogP contribution in [0, 0.1) is 13.8 Å². The Morgan fingerprint density at radius 1 is 1.05 bits per heavy atom. The highest BCUT2D eigenvalue weighted by Crippen LogP contribution is 2.18. The van der Waals surface area contributed by atoms with Gasteiger partial charge in [-0.15, -0.1) is 0 Å². The van der Waals surface area contributed by atoms with Gasteiger partial charge < -0.3 is 10.6 Å². The molecule has 0 radical (unpaired) electrons. The minimum atomic E-state index is 0.516. The third-order valence-corrected chi connectivity index (χ3v) is 3.18. The normalized spacial score (nSPS) is 11.4. The van der Waals surface area contributed by atoms with Gasteiger partial charge in [-0.05, 0) is 50.6 Å². The standard InChI is InChI=1S/C17H21N3/c1-4-20(16-7-5-6-14(3)12-16)17(18)19-15-10-8-13(2)9-11-15/h5-12H,4H2,1-3H3,(H2,18,19). The molecule has 0 heterocycles. The molecule has 2 aromatic carbocycles. The average molecular weight is 267 g/mol. The number of nitrogens with zero attached hydrogens (tertiary/aromatic N) is 2. The predicted molar refractivity (Wildman–Crippen MR) is 86.7 cm³/mol. The van der Waals surface area contributed by atoms with Crippen LogP contribution in [-0.4, -0.2) is 12.5 Å². The summed E-state index contributed by atoms with van der Waals surface area (Å²) in [4.78, 5) is 6.50. The SMILES string of the molecule is CCN(C(N)=Nc1ccc(C)cc1)c1cccc(C)c1. The second kappa shape index (κ2) is 6.24. The molecule has 0 bridgehead atoms. The zero-order valence-electron chi connectivity index (χ0n) is 12.3.